The van der Waals surface area contributed by atoms with Crippen LogP contribution in [0.4, 0.5) is 5.69 Å². The molecule has 0 bridgehead atoms. The third-order valence-corrected chi connectivity index (χ3v) is 3.03. The van der Waals surface area contributed by atoms with Gasteiger partial charge in [0, 0.05) is 0 Å². The molecule has 1 fully saturated rings. The van der Waals surface area contributed by atoms with Gasteiger partial charge in [-0.2, -0.15) is 0 Å². The van der Waals surface area contributed by atoms with Crippen molar-refractivity contribution >= 4 is 5.69 Å². The Morgan fingerprint density at radius 3 is 2.47 bits per heavy atom. The molecule has 2 rings (SSSR count). The molecule has 0 aromatic carbocycles. The monoisotopic (exact) mass is 274 g/mol. The van der Waals surface area contributed by atoms with Gasteiger partial charge in [-0.15, -0.1) is 0 Å². The maximum Gasteiger partial charge on any atom is 0.347 e. The second kappa shape index (κ2) is 4.66. The van der Waals surface area contributed by atoms with Crippen LogP contribution in [0.25, 0.3) is 0 Å². The van der Waals surface area contributed by atoms with Crippen molar-refractivity contribution in [3.8, 4) is 0 Å². The summed E-state index contributed by atoms with van der Waals surface area (Å²) < 4.78 is 5.70. The van der Waals surface area contributed by atoms with Crippen LogP contribution in [0.3, 0.4) is 0 Å². The summed E-state index contributed by atoms with van der Waals surface area (Å²) in [7, 11) is 0. The summed E-state index contributed by atoms with van der Waals surface area (Å²) in [5.74, 6) is 5.45. The quantitative estimate of drug-likeness (QED) is 0.295. The van der Waals surface area contributed by atoms with Crippen LogP contribution in [0.5, 0.6) is 0 Å². The highest BCUT2D eigenvalue weighted by molar-refractivity contribution is 5.43. The van der Waals surface area contributed by atoms with Crippen LogP contribution in [0.2, 0.25) is 0 Å². The molecule has 1 aromatic rings. The Hall–Kier alpha value is -1.88. The van der Waals surface area contributed by atoms with Gasteiger partial charge in [-0.3, -0.25) is 9.78 Å². The first kappa shape index (κ1) is 13.5. The molecule has 10 heteroatoms. The van der Waals surface area contributed by atoms with Crippen LogP contribution in [0, 0.1) is 0 Å². The number of rotatable bonds is 2. The molecule has 0 aliphatic carbocycles. The Bertz CT molecular complexity index is 561. The molecule has 0 spiro atoms. The third-order valence-electron chi connectivity index (χ3n) is 3.03. The Balaban J connectivity index is 2.55. The number of nitrogens with two attached hydrogens (primary N) is 2. The number of aromatic amines is 1. The average Bonchev–Trinajstić information content (AvgIpc) is 2.65. The lowest BCUT2D eigenvalue weighted by Gasteiger charge is -2.18. The maximum absolute atomic E-state index is 11.4. The van der Waals surface area contributed by atoms with E-state index < -0.39 is 48.0 Å². The van der Waals surface area contributed by atoms with E-state index in [1.165, 1.54) is 0 Å². The summed E-state index contributed by atoms with van der Waals surface area (Å²) in [6.07, 6.45) is -5.21. The highest BCUT2D eigenvalue weighted by Crippen LogP contribution is 2.33. The third kappa shape index (κ3) is 2.00. The van der Waals surface area contributed by atoms with Crippen molar-refractivity contribution in [2.24, 2.45) is 0 Å². The van der Waals surface area contributed by atoms with Gasteiger partial charge in [-0.1, -0.05) is 0 Å². The van der Waals surface area contributed by atoms with Crippen LogP contribution in [-0.2, 0) is 4.74 Å². The van der Waals surface area contributed by atoms with Crippen LogP contribution in [0.15, 0.2) is 9.59 Å². The number of anilines is 1. The van der Waals surface area contributed by atoms with Crippen molar-refractivity contribution in [3.63, 3.8) is 0 Å². The van der Waals surface area contributed by atoms with E-state index >= 15 is 0 Å². The first-order valence-corrected chi connectivity index (χ1v) is 5.40. The van der Waals surface area contributed by atoms with E-state index in [1.54, 1.807) is 0 Å². The molecule has 1 aromatic heterocycles. The van der Waals surface area contributed by atoms with E-state index in [-0.39, 0.29) is 5.69 Å². The molecule has 1 aliphatic rings. The summed E-state index contributed by atoms with van der Waals surface area (Å²) in [5.41, 5.74) is 3.04. The van der Waals surface area contributed by atoms with Crippen molar-refractivity contribution < 1.29 is 20.1 Å². The summed E-state index contributed by atoms with van der Waals surface area (Å²) >= 11 is 0. The molecular weight excluding hydrogens is 260 g/mol. The van der Waals surface area contributed by atoms with Gasteiger partial charge in [0.15, 0.2) is 0 Å². The van der Waals surface area contributed by atoms with E-state index in [0.29, 0.717) is 4.68 Å². The highest BCUT2D eigenvalue weighted by atomic mass is 16.6. The first-order chi connectivity index (χ1) is 8.88. The molecule has 1 unspecified atom stereocenters. The van der Waals surface area contributed by atoms with Crippen molar-refractivity contribution in [2.45, 2.75) is 24.4 Å². The summed E-state index contributed by atoms with van der Waals surface area (Å²) in [6, 6.07) is 0. The van der Waals surface area contributed by atoms with Crippen LogP contribution >= 0.6 is 0 Å². The zero-order valence-corrected chi connectivity index (χ0v) is 9.68. The van der Waals surface area contributed by atoms with Crippen LogP contribution in [0.1, 0.15) is 11.8 Å². The van der Waals surface area contributed by atoms with Gasteiger partial charge >= 0.3 is 5.69 Å². The fourth-order valence-electron chi connectivity index (χ4n) is 2.00. The number of nitrogens with zero attached hydrogens (tertiary/aromatic N) is 1. The van der Waals surface area contributed by atoms with Gasteiger partial charge in [-0.25, -0.2) is 9.47 Å². The standard InChI is InChI=1S/C9H14N4O6/c10-3-4(13(11)9(18)12-8(3)17)7-6(16)5(15)2(1-14)19-7/h2,5-7,14-16H,1,10-11H2,(H,12,17,18)/t2-,5-,6-,7?/m1/s1. The normalized spacial score (nSPS) is 30.7. The molecule has 1 saturated heterocycles. The highest BCUT2D eigenvalue weighted by Gasteiger charge is 2.45. The van der Waals surface area contributed by atoms with Crippen molar-refractivity contribution in [1.29, 1.82) is 0 Å². The van der Waals surface area contributed by atoms with Gasteiger partial charge in [0.2, 0.25) is 0 Å². The molecule has 19 heavy (non-hydrogen) atoms. The molecule has 2 heterocycles. The molecule has 1 aliphatic heterocycles. The van der Waals surface area contributed by atoms with Crippen LogP contribution < -0.4 is 22.8 Å². The largest absolute Gasteiger partial charge is 0.394 e. The number of nitrogen functional groups attached to an aromatic ring is 2. The lowest BCUT2D eigenvalue weighted by atomic mass is 10.0. The van der Waals surface area contributed by atoms with Gasteiger partial charge in [0.25, 0.3) is 5.56 Å². The minimum absolute atomic E-state index is 0.253. The maximum atomic E-state index is 11.4. The van der Waals surface area contributed by atoms with Crippen molar-refractivity contribution in [1.82, 2.24) is 9.66 Å². The fraction of sp³-hybridized carbons (Fsp3) is 0.556. The number of hydrogen-bond acceptors (Lipinski definition) is 8. The van der Waals surface area contributed by atoms with Gasteiger partial charge in [0.1, 0.15) is 35.8 Å². The van der Waals surface area contributed by atoms with E-state index in [4.69, 9.17) is 21.4 Å². The zero-order chi connectivity index (χ0) is 14.3. The van der Waals surface area contributed by atoms with E-state index in [2.05, 4.69) is 0 Å². The Kier molecular flexibility index (Phi) is 3.32. The summed E-state index contributed by atoms with van der Waals surface area (Å²) in [6.45, 7) is -0.549. The second-order valence-corrected chi connectivity index (χ2v) is 4.19. The summed E-state index contributed by atoms with van der Waals surface area (Å²) in [4.78, 5) is 24.7. The molecule has 0 amide bonds. The van der Waals surface area contributed by atoms with Gasteiger partial charge in [-0.05, 0) is 0 Å². The van der Waals surface area contributed by atoms with E-state index in [0.717, 1.165) is 0 Å². The number of ether oxygens (including phenoxy) is 1. The van der Waals surface area contributed by atoms with Crippen molar-refractivity contribution in [3.05, 3.63) is 26.5 Å². The number of aliphatic hydroxyl groups is 3. The van der Waals surface area contributed by atoms with E-state index in [9.17, 15) is 19.8 Å². The van der Waals surface area contributed by atoms with Crippen molar-refractivity contribution in [2.75, 3.05) is 18.2 Å². The molecule has 0 radical (unpaired) electrons. The van der Waals surface area contributed by atoms with Gasteiger partial charge < -0.3 is 31.6 Å². The molecule has 106 valence electrons. The Labute approximate surface area is 105 Å². The SMILES string of the molecule is Nc1c(C2O[C@H](CO)[C@@H](O)[C@H]2O)n(N)c(=O)[nH]c1=O. The number of hydrogen-bond donors (Lipinski definition) is 6. The topological polar surface area (TPSA) is 177 Å². The number of nitrogens with one attached hydrogen (secondary N) is 1. The lowest BCUT2D eigenvalue weighted by Crippen LogP contribution is -2.41. The average molecular weight is 274 g/mol. The second-order valence-electron chi connectivity index (χ2n) is 4.19. The zero-order valence-electron chi connectivity index (χ0n) is 9.68. The Morgan fingerprint density at radius 1 is 1.32 bits per heavy atom. The molecule has 10 nitrogen and oxygen atoms in total. The number of H-pyrrole nitrogens is 1. The predicted octanol–water partition coefficient (Wildman–Crippen LogP) is -4.01. The minimum atomic E-state index is -1.48. The molecule has 8 N–H and O–H groups in total. The molecule has 0 saturated carbocycles. The van der Waals surface area contributed by atoms with E-state index in [1.807, 2.05) is 4.98 Å². The number of aromatic nitrogens is 2. The molecular formula is C9H14N4O6. The number of aliphatic hydroxyl groups excluding tert-OH is 3. The fourth-order valence-corrected chi connectivity index (χ4v) is 2.00. The first-order valence-electron chi connectivity index (χ1n) is 5.40. The summed E-state index contributed by atoms with van der Waals surface area (Å²) in [5, 5.41) is 28.4. The lowest BCUT2D eigenvalue weighted by molar-refractivity contribution is -0.0246. The van der Waals surface area contributed by atoms with Crippen LogP contribution in [-0.4, -0.2) is 49.9 Å². The predicted molar refractivity (Wildman–Crippen MR) is 62.6 cm³/mol. The van der Waals surface area contributed by atoms with Gasteiger partial charge in [0.05, 0.1) is 6.61 Å². The Morgan fingerprint density at radius 2 is 1.95 bits per heavy atom. The molecule has 4 atom stereocenters. The smallest absolute Gasteiger partial charge is 0.347 e. The minimum Gasteiger partial charge on any atom is -0.394 e.